The zero-order chi connectivity index (χ0) is 13.8. The average molecular weight is 284 g/mol. The molecule has 0 saturated heterocycles. The number of amidine groups is 1. The van der Waals surface area contributed by atoms with Crippen molar-refractivity contribution in [1.29, 1.82) is 0 Å². The quantitative estimate of drug-likeness (QED) is 0.779. The van der Waals surface area contributed by atoms with Gasteiger partial charge in [0.1, 0.15) is 0 Å². The molecule has 4 heteroatoms. The van der Waals surface area contributed by atoms with E-state index < -0.39 is 0 Å². The van der Waals surface area contributed by atoms with E-state index in [0.717, 1.165) is 19.7 Å². The number of methoxy groups -OCH3 is 1. The minimum absolute atomic E-state index is 0.448. The third-order valence-corrected chi connectivity index (χ3v) is 6.28. The molecule has 1 fully saturated rings. The Kier molecular flexibility index (Phi) is 5.18. The smallest absolute Gasteiger partial charge is 0.156 e. The Morgan fingerprint density at radius 2 is 2.00 bits per heavy atom. The molecule has 19 heavy (non-hydrogen) atoms. The summed E-state index contributed by atoms with van der Waals surface area (Å²) in [4.78, 5) is 4.77. The molecule has 1 aliphatic carbocycles. The number of aliphatic imine (C=N–C) groups is 1. The highest BCUT2D eigenvalue weighted by molar-refractivity contribution is 8.13. The van der Waals surface area contributed by atoms with Crippen LogP contribution in [0.5, 0.6) is 0 Å². The van der Waals surface area contributed by atoms with Crippen molar-refractivity contribution < 1.29 is 4.74 Å². The molecular weight excluding hydrogens is 256 g/mol. The average Bonchev–Trinajstić information content (AvgIpc) is 3.24. The van der Waals surface area contributed by atoms with Gasteiger partial charge in [-0.25, -0.2) is 0 Å². The molecule has 0 unspecified atom stereocenters. The first-order valence-electron chi connectivity index (χ1n) is 7.58. The fourth-order valence-corrected chi connectivity index (χ4v) is 3.88. The topological polar surface area (TPSA) is 33.6 Å². The number of thioether (sulfide) groups is 1. The standard InChI is InChI=1S/C15H28N2OS/c1-4-14(5-2)10-16-13(19-12-14)17-11-15(6-7-15)8-9-18-3/h4-12H2,1-3H3,(H,16,17). The van der Waals surface area contributed by atoms with E-state index in [0.29, 0.717) is 10.8 Å². The van der Waals surface area contributed by atoms with Crippen LogP contribution in [-0.2, 0) is 4.74 Å². The molecule has 0 aromatic carbocycles. The summed E-state index contributed by atoms with van der Waals surface area (Å²) < 4.78 is 5.20. The van der Waals surface area contributed by atoms with Gasteiger partial charge < -0.3 is 10.1 Å². The van der Waals surface area contributed by atoms with Crippen LogP contribution in [0.4, 0.5) is 0 Å². The fourth-order valence-electron chi connectivity index (χ4n) is 2.61. The first kappa shape index (κ1) is 15.2. The van der Waals surface area contributed by atoms with Crippen LogP contribution in [0.1, 0.15) is 46.0 Å². The Bertz CT molecular complexity index is 322. The monoisotopic (exact) mass is 284 g/mol. The summed E-state index contributed by atoms with van der Waals surface area (Å²) in [5, 5.41) is 4.74. The van der Waals surface area contributed by atoms with Crippen molar-refractivity contribution in [2.24, 2.45) is 15.8 Å². The molecule has 2 rings (SSSR count). The van der Waals surface area contributed by atoms with Gasteiger partial charge in [0.05, 0.1) is 0 Å². The largest absolute Gasteiger partial charge is 0.385 e. The van der Waals surface area contributed by atoms with Crippen molar-refractivity contribution in [2.75, 3.05) is 32.6 Å². The molecule has 1 N–H and O–H groups in total. The maximum Gasteiger partial charge on any atom is 0.156 e. The van der Waals surface area contributed by atoms with Crippen LogP contribution in [-0.4, -0.2) is 37.7 Å². The van der Waals surface area contributed by atoms with Gasteiger partial charge in [-0.1, -0.05) is 25.6 Å². The molecular formula is C15H28N2OS. The van der Waals surface area contributed by atoms with Crippen LogP contribution in [0.3, 0.4) is 0 Å². The Morgan fingerprint density at radius 1 is 1.26 bits per heavy atom. The molecule has 2 aliphatic rings. The first-order chi connectivity index (χ1) is 9.17. The molecule has 0 spiro atoms. The van der Waals surface area contributed by atoms with Gasteiger partial charge in [-0.15, -0.1) is 0 Å². The SMILES string of the molecule is CCC1(CC)CN=C(NCC2(CCOC)CC2)SC1. The van der Waals surface area contributed by atoms with Crippen molar-refractivity contribution >= 4 is 16.9 Å². The fraction of sp³-hybridized carbons (Fsp3) is 0.933. The van der Waals surface area contributed by atoms with Gasteiger partial charge in [0.2, 0.25) is 0 Å². The minimum Gasteiger partial charge on any atom is -0.385 e. The van der Waals surface area contributed by atoms with Gasteiger partial charge in [-0.3, -0.25) is 4.99 Å². The summed E-state index contributed by atoms with van der Waals surface area (Å²) in [6, 6.07) is 0. The van der Waals surface area contributed by atoms with Crippen LogP contribution in [0, 0.1) is 10.8 Å². The first-order valence-corrected chi connectivity index (χ1v) is 8.56. The van der Waals surface area contributed by atoms with Crippen molar-refractivity contribution in [1.82, 2.24) is 5.32 Å². The molecule has 0 atom stereocenters. The number of hydrogen-bond acceptors (Lipinski definition) is 4. The number of nitrogens with zero attached hydrogens (tertiary/aromatic N) is 1. The Labute approximate surface area is 122 Å². The highest BCUT2D eigenvalue weighted by Crippen LogP contribution is 2.48. The van der Waals surface area contributed by atoms with E-state index in [-0.39, 0.29) is 0 Å². The van der Waals surface area contributed by atoms with E-state index in [1.807, 2.05) is 11.8 Å². The lowest BCUT2D eigenvalue weighted by Crippen LogP contribution is -2.36. The van der Waals surface area contributed by atoms with Crippen LogP contribution in [0.15, 0.2) is 4.99 Å². The molecule has 0 radical (unpaired) electrons. The third-order valence-electron chi connectivity index (χ3n) is 4.98. The number of hydrogen-bond donors (Lipinski definition) is 1. The number of nitrogens with one attached hydrogen (secondary N) is 1. The van der Waals surface area contributed by atoms with Gasteiger partial charge in [-0.05, 0) is 42.9 Å². The van der Waals surface area contributed by atoms with E-state index in [1.165, 1.54) is 43.0 Å². The molecule has 1 aliphatic heterocycles. The molecule has 1 saturated carbocycles. The normalized spacial score (nSPS) is 23.8. The zero-order valence-corrected chi connectivity index (χ0v) is 13.4. The second kappa shape index (κ2) is 6.49. The van der Waals surface area contributed by atoms with Gasteiger partial charge >= 0.3 is 0 Å². The van der Waals surface area contributed by atoms with E-state index >= 15 is 0 Å². The molecule has 110 valence electrons. The van der Waals surface area contributed by atoms with Crippen LogP contribution < -0.4 is 5.32 Å². The highest BCUT2D eigenvalue weighted by atomic mass is 32.2. The predicted octanol–water partition coefficient (Wildman–Crippen LogP) is 3.30. The van der Waals surface area contributed by atoms with Crippen LogP contribution >= 0.6 is 11.8 Å². The molecule has 0 aromatic heterocycles. The maximum absolute atomic E-state index is 5.20. The second-order valence-electron chi connectivity index (χ2n) is 6.21. The van der Waals surface area contributed by atoms with Crippen molar-refractivity contribution in [3.05, 3.63) is 0 Å². The lowest BCUT2D eigenvalue weighted by molar-refractivity contribution is 0.172. The van der Waals surface area contributed by atoms with Crippen molar-refractivity contribution in [3.8, 4) is 0 Å². The molecule has 3 nitrogen and oxygen atoms in total. The predicted molar refractivity (Wildman–Crippen MR) is 83.9 cm³/mol. The Balaban J connectivity index is 1.77. The van der Waals surface area contributed by atoms with Crippen molar-refractivity contribution in [3.63, 3.8) is 0 Å². The van der Waals surface area contributed by atoms with E-state index in [2.05, 4.69) is 19.2 Å². The zero-order valence-electron chi connectivity index (χ0n) is 12.6. The van der Waals surface area contributed by atoms with Gasteiger partial charge in [0.15, 0.2) is 5.17 Å². The van der Waals surface area contributed by atoms with E-state index in [4.69, 9.17) is 9.73 Å². The minimum atomic E-state index is 0.448. The third kappa shape index (κ3) is 3.88. The van der Waals surface area contributed by atoms with Gasteiger partial charge in [0.25, 0.3) is 0 Å². The molecule has 0 bridgehead atoms. The summed E-state index contributed by atoms with van der Waals surface area (Å²) in [5.41, 5.74) is 0.951. The van der Waals surface area contributed by atoms with Crippen molar-refractivity contribution in [2.45, 2.75) is 46.0 Å². The van der Waals surface area contributed by atoms with Crippen LogP contribution in [0.2, 0.25) is 0 Å². The second-order valence-corrected chi connectivity index (χ2v) is 7.18. The lowest BCUT2D eigenvalue weighted by atomic mass is 9.84. The summed E-state index contributed by atoms with van der Waals surface area (Å²) in [6.07, 6.45) is 6.35. The van der Waals surface area contributed by atoms with Gasteiger partial charge in [-0.2, -0.15) is 0 Å². The Hall–Kier alpha value is -0.220. The summed E-state index contributed by atoms with van der Waals surface area (Å²) in [6.45, 7) is 7.55. The molecule has 1 heterocycles. The molecule has 0 aromatic rings. The number of ether oxygens (including phenoxy) is 1. The lowest BCUT2D eigenvalue weighted by Gasteiger charge is -2.33. The summed E-state index contributed by atoms with van der Waals surface area (Å²) in [7, 11) is 1.79. The van der Waals surface area contributed by atoms with Gasteiger partial charge in [0, 0.05) is 32.6 Å². The number of rotatable bonds is 7. The van der Waals surface area contributed by atoms with Crippen LogP contribution in [0.25, 0.3) is 0 Å². The summed E-state index contributed by atoms with van der Waals surface area (Å²) in [5.74, 6) is 1.22. The highest BCUT2D eigenvalue weighted by Gasteiger charge is 2.42. The van der Waals surface area contributed by atoms with E-state index in [1.54, 1.807) is 7.11 Å². The Morgan fingerprint density at radius 3 is 2.47 bits per heavy atom. The van der Waals surface area contributed by atoms with E-state index in [9.17, 15) is 0 Å². The molecule has 0 amide bonds. The maximum atomic E-state index is 5.20. The summed E-state index contributed by atoms with van der Waals surface area (Å²) >= 11 is 1.92.